The van der Waals surface area contributed by atoms with E-state index in [1.54, 1.807) is 6.07 Å². The third-order valence-electron chi connectivity index (χ3n) is 2.15. The summed E-state index contributed by atoms with van der Waals surface area (Å²) in [7, 11) is 0. The van der Waals surface area contributed by atoms with Crippen LogP contribution in [-0.4, -0.2) is 19.3 Å². The largest absolute Gasteiger partial charge is 0.486 e. The standard InChI is InChI=1S/C10H12ClNO2/c11-10-3-8(2-1-7(10)4-12)14-9-5-13-6-9/h1-3,9H,4-6,12H2. The molecule has 14 heavy (non-hydrogen) atoms. The van der Waals surface area contributed by atoms with Crippen LogP contribution in [0.2, 0.25) is 5.02 Å². The van der Waals surface area contributed by atoms with E-state index in [1.807, 2.05) is 12.1 Å². The molecule has 0 bridgehead atoms. The molecule has 0 aromatic heterocycles. The molecule has 1 fully saturated rings. The first kappa shape index (κ1) is 9.77. The highest BCUT2D eigenvalue weighted by Crippen LogP contribution is 2.24. The van der Waals surface area contributed by atoms with Gasteiger partial charge in [0.2, 0.25) is 0 Å². The average Bonchev–Trinajstić information content (AvgIpc) is 2.12. The van der Waals surface area contributed by atoms with E-state index in [0.717, 1.165) is 11.3 Å². The van der Waals surface area contributed by atoms with Crippen molar-refractivity contribution in [1.29, 1.82) is 0 Å². The van der Waals surface area contributed by atoms with E-state index in [1.165, 1.54) is 0 Å². The molecule has 0 aliphatic carbocycles. The Morgan fingerprint density at radius 2 is 2.29 bits per heavy atom. The molecule has 1 saturated heterocycles. The maximum Gasteiger partial charge on any atom is 0.145 e. The molecular formula is C10H12ClNO2. The molecule has 1 aromatic rings. The van der Waals surface area contributed by atoms with Crippen LogP contribution in [0, 0.1) is 0 Å². The van der Waals surface area contributed by atoms with Gasteiger partial charge in [-0.25, -0.2) is 0 Å². The predicted molar refractivity (Wildman–Crippen MR) is 54.6 cm³/mol. The normalized spacial score (nSPS) is 16.4. The van der Waals surface area contributed by atoms with Gasteiger partial charge in [-0.15, -0.1) is 0 Å². The van der Waals surface area contributed by atoms with Crippen LogP contribution in [0.4, 0.5) is 0 Å². The highest BCUT2D eigenvalue weighted by Gasteiger charge is 2.20. The summed E-state index contributed by atoms with van der Waals surface area (Å²) in [5.74, 6) is 0.778. The molecule has 1 aromatic carbocycles. The monoisotopic (exact) mass is 213 g/mol. The molecule has 2 N–H and O–H groups in total. The van der Waals surface area contributed by atoms with Gasteiger partial charge < -0.3 is 15.2 Å². The van der Waals surface area contributed by atoms with Crippen LogP contribution in [-0.2, 0) is 11.3 Å². The van der Waals surface area contributed by atoms with Crippen LogP contribution in [0.5, 0.6) is 5.75 Å². The average molecular weight is 214 g/mol. The molecule has 0 unspecified atom stereocenters. The summed E-state index contributed by atoms with van der Waals surface area (Å²) in [6, 6.07) is 5.56. The van der Waals surface area contributed by atoms with E-state index in [-0.39, 0.29) is 6.10 Å². The Balaban J connectivity index is 2.07. The maximum absolute atomic E-state index is 5.98. The van der Waals surface area contributed by atoms with Gasteiger partial charge in [-0.3, -0.25) is 0 Å². The van der Waals surface area contributed by atoms with Gasteiger partial charge in [0.1, 0.15) is 11.9 Å². The summed E-state index contributed by atoms with van der Waals surface area (Å²) in [5, 5.41) is 0.658. The highest BCUT2D eigenvalue weighted by molar-refractivity contribution is 6.31. The van der Waals surface area contributed by atoms with Gasteiger partial charge in [-0.1, -0.05) is 17.7 Å². The van der Waals surface area contributed by atoms with Crippen LogP contribution in [0.15, 0.2) is 18.2 Å². The second-order valence-electron chi connectivity index (χ2n) is 3.23. The SMILES string of the molecule is NCc1ccc(OC2COC2)cc1Cl. The zero-order valence-electron chi connectivity index (χ0n) is 7.70. The Bertz CT molecular complexity index is 326. The van der Waals surface area contributed by atoms with Gasteiger partial charge in [-0.2, -0.15) is 0 Å². The Morgan fingerprint density at radius 3 is 2.79 bits per heavy atom. The second kappa shape index (κ2) is 4.17. The molecule has 0 atom stereocenters. The van der Waals surface area contributed by atoms with Crippen molar-refractivity contribution in [2.75, 3.05) is 13.2 Å². The number of nitrogens with two attached hydrogens (primary N) is 1. The number of ether oxygens (including phenoxy) is 2. The zero-order valence-corrected chi connectivity index (χ0v) is 8.46. The molecule has 0 saturated carbocycles. The molecule has 0 amide bonds. The minimum atomic E-state index is 0.176. The lowest BCUT2D eigenvalue weighted by Crippen LogP contribution is -2.38. The highest BCUT2D eigenvalue weighted by atomic mass is 35.5. The van der Waals surface area contributed by atoms with Crippen molar-refractivity contribution >= 4 is 11.6 Å². The minimum Gasteiger partial charge on any atom is -0.486 e. The number of hydrogen-bond acceptors (Lipinski definition) is 3. The number of halogens is 1. The molecule has 76 valence electrons. The van der Waals surface area contributed by atoms with Gasteiger partial charge in [0.15, 0.2) is 0 Å². The van der Waals surface area contributed by atoms with Crippen LogP contribution >= 0.6 is 11.6 Å². The molecular weight excluding hydrogens is 202 g/mol. The predicted octanol–water partition coefficient (Wildman–Crippen LogP) is 1.58. The first-order valence-corrected chi connectivity index (χ1v) is 4.90. The quantitative estimate of drug-likeness (QED) is 0.829. The van der Waals surface area contributed by atoms with E-state index in [2.05, 4.69) is 0 Å². The fraction of sp³-hybridized carbons (Fsp3) is 0.400. The lowest BCUT2D eigenvalue weighted by molar-refractivity contribution is -0.0796. The molecule has 3 nitrogen and oxygen atoms in total. The fourth-order valence-electron chi connectivity index (χ4n) is 1.24. The van der Waals surface area contributed by atoms with Crippen LogP contribution in [0.1, 0.15) is 5.56 Å². The van der Waals surface area contributed by atoms with Gasteiger partial charge in [0, 0.05) is 11.6 Å². The molecule has 1 aliphatic heterocycles. The molecule has 2 rings (SSSR count). The molecule has 1 heterocycles. The molecule has 0 radical (unpaired) electrons. The lowest BCUT2D eigenvalue weighted by atomic mass is 10.2. The van der Waals surface area contributed by atoms with E-state index >= 15 is 0 Å². The Kier molecular flexibility index (Phi) is 2.91. The van der Waals surface area contributed by atoms with E-state index in [9.17, 15) is 0 Å². The summed E-state index contributed by atoms with van der Waals surface area (Å²) >= 11 is 5.98. The summed E-state index contributed by atoms with van der Waals surface area (Å²) in [6.07, 6.45) is 0.176. The number of hydrogen-bond donors (Lipinski definition) is 1. The van der Waals surface area contributed by atoms with Gasteiger partial charge in [0.25, 0.3) is 0 Å². The van der Waals surface area contributed by atoms with Crippen molar-refractivity contribution in [2.45, 2.75) is 12.6 Å². The summed E-state index contributed by atoms with van der Waals surface area (Å²) in [5.41, 5.74) is 6.43. The minimum absolute atomic E-state index is 0.176. The summed E-state index contributed by atoms with van der Waals surface area (Å²) in [4.78, 5) is 0. The third-order valence-corrected chi connectivity index (χ3v) is 2.51. The Hall–Kier alpha value is -0.770. The van der Waals surface area contributed by atoms with Crippen LogP contribution in [0.3, 0.4) is 0 Å². The number of benzene rings is 1. The van der Waals surface area contributed by atoms with Crippen LogP contribution < -0.4 is 10.5 Å². The van der Waals surface area contributed by atoms with Crippen molar-refractivity contribution in [3.8, 4) is 5.75 Å². The third kappa shape index (κ3) is 2.00. The zero-order chi connectivity index (χ0) is 9.97. The second-order valence-corrected chi connectivity index (χ2v) is 3.64. The number of rotatable bonds is 3. The van der Waals surface area contributed by atoms with Crippen molar-refractivity contribution in [3.63, 3.8) is 0 Å². The molecule has 4 heteroatoms. The Morgan fingerprint density at radius 1 is 1.50 bits per heavy atom. The van der Waals surface area contributed by atoms with Crippen molar-refractivity contribution in [1.82, 2.24) is 0 Å². The van der Waals surface area contributed by atoms with Crippen molar-refractivity contribution in [2.24, 2.45) is 5.73 Å². The maximum atomic E-state index is 5.98. The van der Waals surface area contributed by atoms with Gasteiger partial charge >= 0.3 is 0 Å². The first-order chi connectivity index (χ1) is 6.79. The molecule has 1 aliphatic rings. The van der Waals surface area contributed by atoms with Crippen LogP contribution in [0.25, 0.3) is 0 Å². The van der Waals surface area contributed by atoms with Crippen molar-refractivity contribution < 1.29 is 9.47 Å². The molecule has 0 spiro atoms. The van der Waals surface area contributed by atoms with Gasteiger partial charge in [-0.05, 0) is 17.7 Å². The summed E-state index contributed by atoms with van der Waals surface area (Å²) in [6.45, 7) is 1.78. The topological polar surface area (TPSA) is 44.5 Å². The first-order valence-electron chi connectivity index (χ1n) is 4.52. The van der Waals surface area contributed by atoms with E-state index in [0.29, 0.717) is 24.8 Å². The van der Waals surface area contributed by atoms with E-state index < -0.39 is 0 Å². The van der Waals surface area contributed by atoms with Gasteiger partial charge in [0.05, 0.1) is 13.2 Å². The summed E-state index contributed by atoms with van der Waals surface area (Å²) < 4.78 is 10.6. The lowest BCUT2D eigenvalue weighted by Gasteiger charge is -2.26. The fourth-order valence-corrected chi connectivity index (χ4v) is 1.49. The smallest absolute Gasteiger partial charge is 0.145 e. The Labute approximate surface area is 87.8 Å². The van der Waals surface area contributed by atoms with E-state index in [4.69, 9.17) is 26.8 Å². The van der Waals surface area contributed by atoms with Crippen molar-refractivity contribution in [3.05, 3.63) is 28.8 Å².